The van der Waals surface area contributed by atoms with Gasteiger partial charge >= 0.3 is 0 Å². The minimum Gasteiger partial charge on any atom is -0.496 e. The van der Waals surface area contributed by atoms with Crippen LogP contribution in [0.3, 0.4) is 0 Å². The molecule has 5 nitrogen and oxygen atoms in total. The lowest BCUT2D eigenvalue weighted by Crippen LogP contribution is -2.47. The van der Waals surface area contributed by atoms with E-state index in [1.807, 2.05) is 0 Å². The Labute approximate surface area is 152 Å². The molecule has 1 aliphatic rings. The van der Waals surface area contributed by atoms with Gasteiger partial charge in [-0.2, -0.15) is 0 Å². The maximum absolute atomic E-state index is 5.74. The molecule has 0 amide bonds. The van der Waals surface area contributed by atoms with Crippen LogP contribution < -0.4 is 10.1 Å². The molecule has 1 aromatic rings. The Kier molecular flexibility index (Phi) is 8.06. The lowest BCUT2D eigenvalue weighted by Gasteiger charge is -2.34. The summed E-state index contributed by atoms with van der Waals surface area (Å²) in [6.07, 6.45) is 3.48. The maximum atomic E-state index is 5.74. The van der Waals surface area contributed by atoms with E-state index in [-0.39, 0.29) is 0 Å². The van der Waals surface area contributed by atoms with Crippen LogP contribution in [0, 0.1) is 6.92 Å². The largest absolute Gasteiger partial charge is 0.496 e. The number of nitrogens with one attached hydrogen (secondary N) is 1. The number of rotatable bonds is 7. The van der Waals surface area contributed by atoms with Crippen molar-refractivity contribution >= 4 is 5.96 Å². The highest BCUT2D eigenvalue weighted by atomic mass is 16.5. The number of piperidine rings is 1. The summed E-state index contributed by atoms with van der Waals surface area (Å²) in [6.45, 7) is 10.7. The molecule has 1 heterocycles. The Hall–Kier alpha value is -1.75. The number of ether oxygens (including phenoxy) is 2. The molecule has 5 heteroatoms. The Morgan fingerprint density at radius 2 is 2.04 bits per heavy atom. The predicted molar refractivity (Wildman–Crippen MR) is 104 cm³/mol. The molecule has 1 aromatic carbocycles. The number of guanidine groups is 1. The zero-order valence-electron chi connectivity index (χ0n) is 16.2. The highest BCUT2D eigenvalue weighted by Gasteiger charge is 2.21. The molecule has 1 fully saturated rings. The molecule has 1 N–H and O–H groups in total. The van der Waals surface area contributed by atoms with Gasteiger partial charge in [0.15, 0.2) is 5.96 Å². The van der Waals surface area contributed by atoms with Gasteiger partial charge in [-0.25, -0.2) is 0 Å². The van der Waals surface area contributed by atoms with Crippen molar-refractivity contribution in [3.63, 3.8) is 0 Å². The second-order valence-electron chi connectivity index (χ2n) is 6.43. The third-order valence-corrected chi connectivity index (χ3v) is 4.61. The fraction of sp³-hybridized carbons (Fsp3) is 0.650. The van der Waals surface area contributed by atoms with Crippen LogP contribution >= 0.6 is 0 Å². The average Bonchev–Trinajstić information content (AvgIpc) is 2.63. The molecule has 0 aromatic heterocycles. The Balaban J connectivity index is 1.91. The van der Waals surface area contributed by atoms with Crippen LogP contribution in [0.5, 0.6) is 5.75 Å². The summed E-state index contributed by atoms with van der Waals surface area (Å²) in [6, 6.07) is 6.39. The highest BCUT2D eigenvalue weighted by molar-refractivity contribution is 5.80. The van der Waals surface area contributed by atoms with Crippen LogP contribution in [-0.2, 0) is 11.2 Å². The average molecular weight is 348 g/mol. The van der Waals surface area contributed by atoms with Crippen molar-refractivity contribution in [2.24, 2.45) is 4.99 Å². The summed E-state index contributed by atoms with van der Waals surface area (Å²) < 4.78 is 11.2. The molecule has 2 rings (SSSR count). The van der Waals surface area contributed by atoms with E-state index in [1.165, 1.54) is 11.1 Å². The minimum absolute atomic E-state index is 0.407. The van der Waals surface area contributed by atoms with Crippen LogP contribution in [0.1, 0.15) is 37.8 Å². The summed E-state index contributed by atoms with van der Waals surface area (Å²) in [5.74, 6) is 1.97. The van der Waals surface area contributed by atoms with Gasteiger partial charge in [0.05, 0.1) is 13.2 Å². The monoisotopic (exact) mass is 347 g/mol. The van der Waals surface area contributed by atoms with Gasteiger partial charge in [0.1, 0.15) is 5.75 Å². The molecule has 1 saturated heterocycles. The number of aryl methyl sites for hydroxylation is 1. The van der Waals surface area contributed by atoms with Gasteiger partial charge in [0, 0.05) is 32.8 Å². The Morgan fingerprint density at radius 3 is 2.68 bits per heavy atom. The number of methoxy groups -OCH3 is 1. The van der Waals surface area contributed by atoms with Crippen molar-refractivity contribution < 1.29 is 9.47 Å². The van der Waals surface area contributed by atoms with Gasteiger partial charge in [-0.3, -0.25) is 4.99 Å². The fourth-order valence-electron chi connectivity index (χ4n) is 3.21. The van der Waals surface area contributed by atoms with E-state index < -0.39 is 0 Å². The summed E-state index contributed by atoms with van der Waals surface area (Å²) in [5, 5.41) is 3.43. The van der Waals surface area contributed by atoms with Crippen molar-refractivity contribution in [3.8, 4) is 5.75 Å². The van der Waals surface area contributed by atoms with Crippen molar-refractivity contribution in [1.29, 1.82) is 0 Å². The van der Waals surface area contributed by atoms with Crippen molar-refractivity contribution in [2.45, 2.75) is 46.1 Å². The number of hydrogen-bond donors (Lipinski definition) is 1. The Bertz CT molecular complexity index is 552. The number of likely N-dealkylation sites (tertiary alicyclic amines) is 1. The molecular weight excluding hydrogens is 314 g/mol. The molecule has 0 unspecified atom stereocenters. The van der Waals surface area contributed by atoms with Crippen LogP contribution in [0.4, 0.5) is 0 Å². The summed E-state index contributed by atoms with van der Waals surface area (Å²) in [7, 11) is 1.72. The van der Waals surface area contributed by atoms with E-state index in [1.54, 1.807) is 7.11 Å². The summed E-state index contributed by atoms with van der Waals surface area (Å²) in [5.41, 5.74) is 2.43. The first-order chi connectivity index (χ1) is 12.2. The van der Waals surface area contributed by atoms with E-state index >= 15 is 0 Å². The number of benzene rings is 1. The standard InChI is InChI=1S/C20H33N3O2/c1-5-21-20(23-13-10-18(11-14-23)25-6-2)22-12-9-17-8-7-16(3)19(15-17)24-4/h7-8,15,18H,5-6,9-14H2,1-4H3,(H,21,22). The quantitative estimate of drug-likeness (QED) is 0.608. The zero-order chi connectivity index (χ0) is 18.1. The maximum Gasteiger partial charge on any atom is 0.193 e. The van der Waals surface area contributed by atoms with E-state index in [9.17, 15) is 0 Å². The first-order valence-corrected chi connectivity index (χ1v) is 9.46. The van der Waals surface area contributed by atoms with Crippen LogP contribution in [0.25, 0.3) is 0 Å². The number of nitrogens with zero attached hydrogens (tertiary/aromatic N) is 2. The first kappa shape index (κ1) is 19.6. The van der Waals surface area contributed by atoms with Gasteiger partial charge in [0.2, 0.25) is 0 Å². The summed E-state index contributed by atoms with van der Waals surface area (Å²) in [4.78, 5) is 7.19. The normalized spacial score (nSPS) is 16.2. The van der Waals surface area contributed by atoms with Gasteiger partial charge < -0.3 is 19.7 Å². The van der Waals surface area contributed by atoms with Crippen molar-refractivity contribution in [1.82, 2.24) is 10.2 Å². The number of hydrogen-bond acceptors (Lipinski definition) is 3. The topological polar surface area (TPSA) is 46.1 Å². The van der Waals surface area contributed by atoms with Gasteiger partial charge in [-0.05, 0) is 57.2 Å². The van der Waals surface area contributed by atoms with Gasteiger partial charge in [-0.15, -0.1) is 0 Å². The smallest absolute Gasteiger partial charge is 0.193 e. The third kappa shape index (κ3) is 5.92. The van der Waals surface area contributed by atoms with Crippen LogP contribution in [-0.4, -0.2) is 56.9 Å². The first-order valence-electron chi connectivity index (χ1n) is 9.46. The van der Waals surface area contributed by atoms with Crippen LogP contribution in [0.2, 0.25) is 0 Å². The van der Waals surface area contributed by atoms with Crippen LogP contribution in [0.15, 0.2) is 23.2 Å². The fourth-order valence-corrected chi connectivity index (χ4v) is 3.21. The lowest BCUT2D eigenvalue weighted by molar-refractivity contribution is 0.0264. The lowest BCUT2D eigenvalue weighted by atomic mass is 10.1. The minimum atomic E-state index is 0.407. The molecule has 0 radical (unpaired) electrons. The predicted octanol–water partition coefficient (Wildman–Crippen LogP) is 3.01. The third-order valence-electron chi connectivity index (χ3n) is 4.61. The molecule has 25 heavy (non-hydrogen) atoms. The molecule has 0 bridgehead atoms. The molecule has 140 valence electrons. The second kappa shape index (κ2) is 10.3. The van der Waals surface area contributed by atoms with Crippen molar-refractivity contribution in [3.05, 3.63) is 29.3 Å². The van der Waals surface area contributed by atoms with E-state index in [0.717, 1.165) is 63.8 Å². The molecule has 0 spiro atoms. The van der Waals surface area contributed by atoms with Gasteiger partial charge in [-0.1, -0.05) is 12.1 Å². The molecule has 0 saturated carbocycles. The SMILES string of the molecule is CCNC(=NCCc1ccc(C)c(OC)c1)N1CCC(OCC)CC1. The molecular formula is C20H33N3O2. The molecule has 0 atom stereocenters. The molecule has 1 aliphatic heterocycles. The van der Waals surface area contributed by atoms with E-state index in [2.05, 4.69) is 49.2 Å². The van der Waals surface area contributed by atoms with Gasteiger partial charge in [0.25, 0.3) is 0 Å². The second-order valence-corrected chi connectivity index (χ2v) is 6.43. The van der Waals surface area contributed by atoms with Crippen molar-refractivity contribution in [2.75, 3.05) is 39.9 Å². The Morgan fingerprint density at radius 1 is 1.28 bits per heavy atom. The van der Waals surface area contributed by atoms with E-state index in [4.69, 9.17) is 14.5 Å². The van der Waals surface area contributed by atoms with E-state index in [0.29, 0.717) is 6.10 Å². The molecule has 0 aliphatic carbocycles. The summed E-state index contributed by atoms with van der Waals surface area (Å²) >= 11 is 0. The zero-order valence-corrected chi connectivity index (χ0v) is 16.2. The number of aliphatic imine (C=N–C) groups is 1. The highest BCUT2D eigenvalue weighted by Crippen LogP contribution is 2.19.